The van der Waals surface area contributed by atoms with Crippen molar-refractivity contribution in [2.45, 2.75) is 17.7 Å². The standard InChI is InChI=1S/C16H14ClF3N2OS/c1-22(9-11-5-3-2-4-6-11)14(23)10-24-15-13(17)7-12(8-21-15)16(18,19)20/h2-8H,9-10H2,1H3. The molecule has 0 saturated heterocycles. The fourth-order valence-electron chi connectivity index (χ4n) is 1.87. The van der Waals surface area contributed by atoms with Crippen LogP contribution in [0.5, 0.6) is 0 Å². The van der Waals surface area contributed by atoms with Crippen LogP contribution in [0.4, 0.5) is 13.2 Å². The first-order valence-corrected chi connectivity index (χ1v) is 8.27. The Morgan fingerprint density at radius 3 is 2.54 bits per heavy atom. The number of benzene rings is 1. The molecular formula is C16H14ClF3N2OS. The van der Waals surface area contributed by atoms with Gasteiger partial charge in [-0.2, -0.15) is 13.2 Å². The fraction of sp³-hybridized carbons (Fsp3) is 0.250. The first kappa shape index (κ1) is 18.6. The number of pyridine rings is 1. The Kier molecular flexibility index (Phi) is 6.12. The summed E-state index contributed by atoms with van der Waals surface area (Å²) < 4.78 is 37.7. The minimum atomic E-state index is -4.49. The summed E-state index contributed by atoms with van der Waals surface area (Å²) in [6, 6.07) is 10.3. The lowest BCUT2D eigenvalue weighted by Crippen LogP contribution is -2.27. The highest BCUT2D eigenvalue weighted by molar-refractivity contribution is 8.00. The largest absolute Gasteiger partial charge is 0.417 e. The van der Waals surface area contributed by atoms with Gasteiger partial charge in [0.1, 0.15) is 5.03 Å². The number of thioether (sulfide) groups is 1. The van der Waals surface area contributed by atoms with Gasteiger partial charge in [-0.05, 0) is 11.6 Å². The first-order valence-electron chi connectivity index (χ1n) is 6.91. The Labute approximate surface area is 146 Å². The molecule has 0 spiro atoms. The Balaban J connectivity index is 1.94. The molecule has 1 aromatic heterocycles. The third-order valence-corrected chi connectivity index (χ3v) is 4.55. The normalized spacial score (nSPS) is 11.4. The van der Waals surface area contributed by atoms with Crippen LogP contribution in [0.2, 0.25) is 5.02 Å². The van der Waals surface area contributed by atoms with Gasteiger partial charge in [0.25, 0.3) is 0 Å². The van der Waals surface area contributed by atoms with E-state index in [4.69, 9.17) is 11.6 Å². The maximum atomic E-state index is 12.6. The number of alkyl halides is 3. The molecule has 0 bridgehead atoms. The van der Waals surface area contributed by atoms with Crippen LogP contribution in [-0.4, -0.2) is 28.6 Å². The summed E-state index contributed by atoms with van der Waals surface area (Å²) in [7, 11) is 1.66. The quantitative estimate of drug-likeness (QED) is 0.722. The SMILES string of the molecule is CN(Cc1ccccc1)C(=O)CSc1ncc(C(F)(F)F)cc1Cl. The zero-order chi connectivity index (χ0) is 17.7. The van der Waals surface area contributed by atoms with E-state index in [1.54, 1.807) is 11.9 Å². The Bertz CT molecular complexity index is 710. The maximum absolute atomic E-state index is 12.6. The average molecular weight is 375 g/mol. The number of nitrogens with zero attached hydrogens (tertiary/aromatic N) is 2. The second kappa shape index (κ2) is 7.90. The van der Waals surface area contributed by atoms with E-state index in [2.05, 4.69) is 4.98 Å². The van der Waals surface area contributed by atoms with Gasteiger partial charge in [0.15, 0.2) is 0 Å². The van der Waals surface area contributed by atoms with Crippen molar-refractivity contribution in [3.05, 3.63) is 58.7 Å². The molecule has 8 heteroatoms. The zero-order valence-corrected chi connectivity index (χ0v) is 14.3. The Morgan fingerprint density at radius 2 is 1.96 bits per heavy atom. The predicted molar refractivity (Wildman–Crippen MR) is 87.9 cm³/mol. The van der Waals surface area contributed by atoms with Crippen molar-refractivity contribution >= 4 is 29.3 Å². The van der Waals surface area contributed by atoms with E-state index in [0.717, 1.165) is 23.4 Å². The lowest BCUT2D eigenvalue weighted by Gasteiger charge is -2.17. The Morgan fingerprint density at radius 1 is 1.29 bits per heavy atom. The van der Waals surface area contributed by atoms with E-state index >= 15 is 0 Å². The third-order valence-electron chi connectivity index (χ3n) is 3.16. The molecule has 0 aliphatic rings. The van der Waals surface area contributed by atoms with Gasteiger partial charge in [0, 0.05) is 19.8 Å². The molecule has 2 rings (SSSR count). The zero-order valence-electron chi connectivity index (χ0n) is 12.7. The number of aromatic nitrogens is 1. The van der Waals surface area contributed by atoms with Crippen molar-refractivity contribution in [2.24, 2.45) is 0 Å². The maximum Gasteiger partial charge on any atom is 0.417 e. The first-order chi connectivity index (χ1) is 11.3. The molecular weight excluding hydrogens is 361 g/mol. The molecule has 0 aliphatic heterocycles. The van der Waals surface area contributed by atoms with Crippen molar-refractivity contribution in [3.8, 4) is 0 Å². The molecule has 0 fully saturated rings. The summed E-state index contributed by atoms with van der Waals surface area (Å²) in [5.41, 5.74) is 0.0772. The van der Waals surface area contributed by atoms with Crippen LogP contribution in [0.1, 0.15) is 11.1 Å². The lowest BCUT2D eigenvalue weighted by molar-refractivity contribution is -0.138. The van der Waals surface area contributed by atoms with Gasteiger partial charge in [-0.3, -0.25) is 4.79 Å². The predicted octanol–water partition coefficient (Wildman–Crippen LogP) is 4.50. The van der Waals surface area contributed by atoms with E-state index in [1.165, 1.54) is 0 Å². The van der Waals surface area contributed by atoms with Gasteiger partial charge in [-0.25, -0.2) is 4.98 Å². The summed E-state index contributed by atoms with van der Waals surface area (Å²) in [6.07, 6.45) is -3.78. The number of hydrogen-bond acceptors (Lipinski definition) is 3. The molecule has 0 N–H and O–H groups in total. The van der Waals surface area contributed by atoms with E-state index in [0.29, 0.717) is 12.7 Å². The van der Waals surface area contributed by atoms with Gasteiger partial charge < -0.3 is 4.90 Å². The van der Waals surface area contributed by atoms with Gasteiger partial charge in [-0.1, -0.05) is 53.7 Å². The summed E-state index contributed by atoms with van der Waals surface area (Å²) in [4.78, 5) is 17.4. The van der Waals surface area contributed by atoms with Crippen LogP contribution in [0, 0.1) is 0 Å². The summed E-state index contributed by atoms with van der Waals surface area (Å²) in [6.45, 7) is 0.453. The van der Waals surface area contributed by atoms with Gasteiger partial charge >= 0.3 is 6.18 Å². The van der Waals surface area contributed by atoms with Crippen LogP contribution in [0.15, 0.2) is 47.6 Å². The highest BCUT2D eigenvalue weighted by Gasteiger charge is 2.31. The molecule has 3 nitrogen and oxygen atoms in total. The monoisotopic (exact) mass is 374 g/mol. The summed E-state index contributed by atoms with van der Waals surface area (Å²) in [5.74, 6) is -0.122. The molecule has 1 heterocycles. The smallest absolute Gasteiger partial charge is 0.341 e. The topological polar surface area (TPSA) is 33.2 Å². The van der Waals surface area contributed by atoms with Crippen LogP contribution >= 0.6 is 23.4 Å². The Hall–Kier alpha value is -1.73. The second-order valence-corrected chi connectivity index (χ2v) is 6.40. The molecule has 2 aromatic rings. The molecule has 24 heavy (non-hydrogen) atoms. The number of carbonyl (C=O) groups is 1. The molecule has 0 radical (unpaired) electrons. The highest BCUT2D eigenvalue weighted by Crippen LogP contribution is 2.33. The van der Waals surface area contributed by atoms with Crippen molar-refractivity contribution in [3.63, 3.8) is 0 Å². The number of halogens is 4. The van der Waals surface area contributed by atoms with Crippen molar-refractivity contribution in [2.75, 3.05) is 12.8 Å². The molecule has 0 saturated carbocycles. The molecule has 0 unspecified atom stereocenters. The fourth-order valence-corrected chi connectivity index (χ4v) is 3.01. The van der Waals surface area contributed by atoms with Crippen molar-refractivity contribution < 1.29 is 18.0 Å². The highest BCUT2D eigenvalue weighted by atomic mass is 35.5. The van der Waals surface area contributed by atoms with Crippen LogP contribution < -0.4 is 0 Å². The van der Waals surface area contributed by atoms with Crippen LogP contribution in [0.3, 0.4) is 0 Å². The van der Waals surface area contributed by atoms with Crippen molar-refractivity contribution in [1.29, 1.82) is 0 Å². The summed E-state index contributed by atoms with van der Waals surface area (Å²) >= 11 is 6.83. The van der Waals surface area contributed by atoms with E-state index in [1.807, 2.05) is 30.3 Å². The molecule has 0 atom stereocenters. The summed E-state index contributed by atoms with van der Waals surface area (Å²) in [5, 5.41) is 0.0828. The van der Waals surface area contributed by atoms with Crippen LogP contribution in [0.25, 0.3) is 0 Å². The number of rotatable bonds is 5. The van der Waals surface area contributed by atoms with Crippen LogP contribution in [-0.2, 0) is 17.5 Å². The van der Waals surface area contributed by atoms with Crippen molar-refractivity contribution in [1.82, 2.24) is 9.88 Å². The minimum Gasteiger partial charge on any atom is -0.341 e. The lowest BCUT2D eigenvalue weighted by atomic mass is 10.2. The van der Waals surface area contributed by atoms with E-state index < -0.39 is 11.7 Å². The van der Waals surface area contributed by atoms with E-state index in [-0.39, 0.29) is 21.7 Å². The molecule has 1 amide bonds. The minimum absolute atomic E-state index is 0.0431. The number of carbonyl (C=O) groups excluding carboxylic acids is 1. The van der Waals surface area contributed by atoms with Gasteiger partial charge in [-0.15, -0.1) is 0 Å². The number of hydrogen-bond donors (Lipinski definition) is 0. The van der Waals surface area contributed by atoms with E-state index in [9.17, 15) is 18.0 Å². The molecule has 1 aromatic carbocycles. The third kappa shape index (κ3) is 5.14. The van der Waals surface area contributed by atoms with Gasteiger partial charge in [0.2, 0.25) is 5.91 Å². The number of amides is 1. The van der Waals surface area contributed by atoms with Gasteiger partial charge in [0.05, 0.1) is 16.3 Å². The second-order valence-electron chi connectivity index (χ2n) is 5.03. The average Bonchev–Trinajstić information content (AvgIpc) is 2.53. The molecule has 0 aliphatic carbocycles. The molecule has 128 valence electrons.